The summed E-state index contributed by atoms with van der Waals surface area (Å²) in [6, 6.07) is 11.1. The molecule has 1 saturated heterocycles. The van der Waals surface area contributed by atoms with Crippen molar-refractivity contribution >= 4 is 21.4 Å². The summed E-state index contributed by atoms with van der Waals surface area (Å²) in [5, 5.41) is 1.40. The Balaban J connectivity index is 1.74. The summed E-state index contributed by atoms with van der Waals surface area (Å²) in [5.41, 5.74) is 0.495. The second-order valence-corrected chi connectivity index (χ2v) is 8.04. The third-order valence-electron chi connectivity index (χ3n) is 5.06. The molecule has 1 fully saturated rings. The van der Waals surface area contributed by atoms with Gasteiger partial charge in [-0.3, -0.25) is 4.90 Å². The summed E-state index contributed by atoms with van der Waals surface area (Å²) < 4.78 is 1.42. The van der Waals surface area contributed by atoms with Crippen LogP contribution in [-0.2, 0) is 6.54 Å². The predicted molar refractivity (Wildman–Crippen MR) is 89.3 cm³/mol. The van der Waals surface area contributed by atoms with Crippen LogP contribution in [-0.4, -0.2) is 18.0 Å². The molecule has 0 spiro atoms. The standard InChI is InChI=1S/C18H25NS/c1-14(2)18(3)9-6-10-19(13-18)12-16-11-15-7-4-5-8-17(15)20-16/h4-5,7-8,11,14H,6,9-10,12-13H2,1-3H3. The van der Waals surface area contributed by atoms with Crippen molar-refractivity contribution in [1.82, 2.24) is 4.90 Å². The van der Waals surface area contributed by atoms with Crippen molar-refractivity contribution < 1.29 is 0 Å². The van der Waals surface area contributed by atoms with E-state index in [0.29, 0.717) is 5.41 Å². The fourth-order valence-corrected chi connectivity index (χ4v) is 4.42. The van der Waals surface area contributed by atoms with E-state index in [2.05, 4.69) is 56.0 Å². The fourth-order valence-electron chi connectivity index (χ4n) is 3.32. The highest BCUT2D eigenvalue weighted by Gasteiger charge is 2.33. The minimum Gasteiger partial charge on any atom is -0.298 e. The zero-order chi connectivity index (χ0) is 14.2. The smallest absolute Gasteiger partial charge is 0.0346 e. The van der Waals surface area contributed by atoms with Gasteiger partial charge in [0, 0.05) is 22.7 Å². The van der Waals surface area contributed by atoms with Gasteiger partial charge >= 0.3 is 0 Å². The van der Waals surface area contributed by atoms with Crippen molar-refractivity contribution in [3.8, 4) is 0 Å². The van der Waals surface area contributed by atoms with Crippen molar-refractivity contribution in [2.24, 2.45) is 11.3 Å². The highest BCUT2D eigenvalue weighted by molar-refractivity contribution is 7.19. The minimum atomic E-state index is 0.495. The molecule has 1 aliphatic rings. The number of fused-ring (bicyclic) bond motifs is 1. The van der Waals surface area contributed by atoms with Gasteiger partial charge < -0.3 is 0 Å². The molecule has 108 valence electrons. The van der Waals surface area contributed by atoms with Gasteiger partial charge in [0.1, 0.15) is 0 Å². The Morgan fingerprint density at radius 1 is 1.30 bits per heavy atom. The van der Waals surface area contributed by atoms with Crippen molar-refractivity contribution in [1.29, 1.82) is 0 Å². The van der Waals surface area contributed by atoms with Crippen molar-refractivity contribution in [2.45, 2.75) is 40.2 Å². The largest absolute Gasteiger partial charge is 0.298 e. The number of nitrogens with zero attached hydrogens (tertiary/aromatic N) is 1. The van der Waals surface area contributed by atoms with Gasteiger partial charge in [0.2, 0.25) is 0 Å². The molecular formula is C18H25NS. The molecule has 1 aromatic carbocycles. The summed E-state index contributed by atoms with van der Waals surface area (Å²) in [6.45, 7) is 10.9. The Hall–Kier alpha value is -0.860. The van der Waals surface area contributed by atoms with Gasteiger partial charge in [0.25, 0.3) is 0 Å². The van der Waals surface area contributed by atoms with E-state index < -0.39 is 0 Å². The van der Waals surface area contributed by atoms with Gasteiger partial charge in [-0.2, -0.15) is 0 Å². The van der Waals surface area contributed by atoms with Gasteiger partial charge in [-0.1, -0.05) is 39.0 Å². The van der Waals surface area contributed by atoms with Crippen LogP contribution in [0.25, 0.3) is 10.1 Å². The van der Waals surface area contributed by atoms with E-state index in [0.717, 1.165) is 12.5 Å². The first-order valence-corrected chi connectivity index (χ1v) is 8.58. The topological polar surface area (TPSA) is 3.24 Å². The van der Waals surface area contributed by atoms with Crippen LogP contribution in [0.1, 0.15) is 38.5 Å². The van der Waals surface area contributed by atoms with E-state index in [1.54, 1.807) is 0 Å². The molecule has 2 heterocycles. The molecule has 20 heavy (non-hydrogen) atoms. The lowest BCUT2D eigenvalue weighted by Gasteiger charge is -2.43. The maximum Gasteiger partial charge on any atom is 0.0346 e. The first-order chi connectivity index (χ1) is 9.57. The van der Waals surface area contributed by atoms with E-state index in [9.17, 15) is 0 Å². The third kappa shape index (κ3) is 2.77. The summed E-state index contributed by atoms with van der Waals surface area (Å²) in [7, 11) is 0. The molecule has 2 aromatic rings. The third-order valence-corrected chi connectivity index (χ3v) is 6.16. The molecular weight excluding hydrogens is 262 g/mol. The SMILES string of the molecule is CC(C)C1(C)CCCN(Cc2cc3ccccc3s2)C1. The van der Waals surface area contributed by atoms with Gasteiger partial charge in [-0.15, -0.1) is 11.3 Å². The highest BCUT2D eigenvalue weighted by atomic mass is 32.1. The molecule has 1 aromatic heterocycles. The van der Waals surface area contributed by atoms with Crippen LogP contribution in [0.3, 0.4) is 0 Å². The fraction of sp³-hybridized carbons (Fsp3) is 0.556. The van der Waals surface area contributed by atoms with E-state index >= 15 is 0 Å². The highest BCUT2D eigenvalue weighted by Crippen LogP contribution is 2.37. The number of benzene rings is 1. The van der Waals surface area contributed by atoms with Crippen molar-refractivity contribution in [3.05, 3.63) is 35.2 Å². The average Bonchev–Trinajstić information content (AvgIpc) is 2.80. The molecule has 0 bridgehead atoms. The predicted octanol–water partition coefficient (Wildman–Crippen LogP) is 5.16. The van der Waals surface area contributed by atoms with Crippen LogP contribution < -0.4 is 0 Å². The molecule has 1 unspecified atom stereocenters. The Morgan fingerprint density at radius 3 is 2.85 bits per heavy atom. The molecule has 0 radical (unpaired) electrons. The lowest BCUT2D eigenvalue weighted by molar-refractivity contribution is 0.0595. The Bertz CT molecular complexity index is 553. The van der Waals surface area contributed by atoms with Crippen LogP contribution in [0.15, 0.2) is 30.3 Å². The summed E-state index contributed by atoms with van der Waals surface area (Å²) in [6.07, 6.45) is 2.73. The summed E-state index contributed by atoms with van der Waals surface area (Å²) in [4.78, 5) is 4.17. The monoisotopic (exact) mass is 287 g/mol. The Morgan fingerprint density at radius 2 is 2.10 bits per heavy atom. The average molecular weight is 287 g/mol. The maximum absolute atomic E-state index is 2.66. The van der Waals surface area contributed by atoms with E-state index in [1.165, 1.54) is 40.9 Å². The lowest BCUT2D eigenvalue weighted by atomic mass is 9.73. The molecule has 0 amide bonds. The number of thiophene rings is 1. The van der Waals surface area contributed by atoms with Crippen LogP contribution in [0.5, 0.6) is 0 Å². The summed E-state index contributed by atoms with van der Waals surface area (Å²) >= 11 is 1.96. The maximum atomic E-state index is 2.66. The Kier molecular flexibility index (Phi) is 3.87. The van der Waals surface area contributed by atoms with Crippen LogP contribution >= 0.6 is 11.3 Å². The van der Waals surface area contributed by atoms with Crippen molar-refractivity contribution in [3.63, 3.8) is 0 Å². The van der Waals surface area contributed by atoms with E-state index in [1.807, 2.05) is 11.3 Å². The molecule has 2 heteroatoms. The summed E-state index contributed by atoms with van der Waals surface area (Å²) in [5.74, 6) is 0.771. The number of hydrogen-bond acceptors (Lipinski definition) is 2. The van der Waals surface area contributed by atoms with E-state index in [4.69, 9.17) is 0 Å². The zero-order valence-electron chi connectivity index (χ0n) is 12.9. The molecule has 0 aliphatic carbocycles. The number of rotatable bonds is 3. The van der Waals surface area contributed by atoms with Crippen LogP contribution in [0.4, 0.5) is 0 Å². The van der Waals surface area contributed by atoms with Crippen molar-refractivity contribution in [2.75, 3.05) is 13.1 Å². The molecule has 1 aliphatic heterocycles. The molecule has 1 atom stereocenters. The van der Waals surface area contributed by atoms with E-state index in [-0.39, 0.29) is 0 Å². The van der Waals surface area contributed by atoms with Gasteiger partial charge in [-0.25, -0.2) is 0 Å². The number of piperidine rings is 1. The quantitative estimate of drug-likeness (QED) is 0.753. The van der Waals surface area contributed by atoms with Crippen LogP contribution in [0.2, 0.25) is 0 Å². The number of likely N-dealkylation sites (tertiary alicyclic amines) is 1. The second-order valence-electron chi connectivity index (χ2n) is 6.87. The molecule has 0 N–H and O–H groups in total. The lowest BCUT2D eigenvalue weighted by Crippen LogP contribution is -2.43. The second kappa shape index (κ2) is 5.50. The molecule has 3 rings (SSSR count). The van der Waals surface area contributed by atoms with Gasteiger partial charge in [0.15, 0.2) is 0 Å². The molecule has 1 nitrogen and oxygen atoms in total. The van der Waals surface area contributed by atoms with Crippen LogP contribution in [0, 0.1) is 11.3 Å². The Labute approximate surface area is 126 Å². The number of hydrogen-bond donors (Lipinski definition) is 0. The minimum absolute atomic E-state index is 0.495. The normalized spacial score (nSPS) is 24.6. The first-order valence-electron chi connectivity index (χ1n) is 7.77. The molecule has 0 saturated carbocycles. The van der Waals surface area contributed by atoms with Gasteiger partial charge in [0.05, 0.1) is 0 Å². The first kappa shape index (κ1) is 14.1. The zero-order valence-corrected chi connectivity index (χ0v) is 13.7. The van der Waals surface area contributed by atoms with Gasteiger partial charge in [-0.05, 0) is 48.2 Å².